The average molecular weight is 405 g/mol. The van der Waals surface area contributed by atoms with Gasteiger partial charge in [-0.3, -0.25) is 4.79 Å². The molecule has 150 valence electrons. The highest BCUT2D eigenvalue weighted by Gasteiger charge is 2.13. The minimum absolute atomic E-state index is 0.0593. The van der Waals surface area contributed by atoms with Crippen LogP contribution in [-0.2, 0) is 10.2 Å². The highest BCUT2D eigenvalue weighted by Crippen LogP contribution is 2.34. The first-order valence-corrected chi connectivity index (χ1v) is 9.29. The third-order valence-corrected chi connectivity index (χ3v) is 4.13. The van der Waals surface area contributed by atoms with Gasteiger partial charge in [-0.2, -0.15) is 5.10 Å². The number of phenolic OH excluding ortho intramolecular Hbond substituents is 1. The fourth-order valence-corrected chi connectivity index (χ4v) is 2.56. The number of ether oxygens (including phenoxy) is 2. The molecule has 2 N–H and O–H groups in total. The topological polar surface area (TPSA) is 80.2 Å². The lowest BCUT2D eigenvalue weighted by molar-refractivity contribution is -0.123. The van der Waals surface area contributed by atoms with Crippen LogP contribution >= 0.6 is 11.6 Å². The molecule has 2 rings (SSSR count). The van der Waals surface area contributed by atoms with Crippen molar-refractivity contribution in [2.75, 3.05) is 13.2 Å². The Bertz CT molecular complexity index is 843. The number of benzene rings is 2. The van der Waals surface area contributed by atoms with Crippen LogP contribution in [0, 0.1) is 0 Å². The molecule has 0 unspecified atom stereocenters. The van der Waals surface area contributed by atoms with E-state index >= 15 is 0 Å². The second kappa shape index (κ2) is 9.46. The van der Waals surface area contributed by atoms with Crippen LogP contribution in [0.15, 0.2) is 41.5 Å². The monoisotopic (exact) mass is 404 g/mol. The summed E-state index contributed by atoms with van der Waals surface area (Å²) in [6.45, 7) is 8.42. The molecule has 0 saturated carbocycles. The van der Waals surface area contributed by atoms with Crippen LogP contribution in [0.5, 0.6) is 17.2 Å². The molecule has 1 amide bonds. The van der Waals surface area contributed by atoms with E-state index in [-0.39, 0.29) is 28.5 Å². The standard InChI is InChI=1S/C21H25ClN2O4/c1-5-27-18-11-14(10-17(22)20(18)26)12-23-24-19(25)13-28-16-8-6-15(7-9-16)21(2,3)4/h6-12,26H,5,13H2,1-4H3,(H,24,25). The molecule has 2 aromatic carbocycles. The number of hydrogen-bond donors (Lipinski definition) is 2. The molecular weight excluding hydrogens is 380 g/mol. The Morgan fingerprint density at radius 1 is 1.21 bits per heavy atom. The number of hydrazone groups is 1. The van der Waals surface area contributed by atoms with Crippen molar-refractivity contribution in [1.82, 2.24) is 5.43 Å². The Hall–Kier alpha value is -2.73. The Morgan fingerprint density at radius 3 is 2.50 bits per heavy atom. The Balaban J connectivity index is 1.88. The molecular formula is C21H25ClN2O4. The molecule has 0 fully saturated rings. The lowest BCUT2D eigenvalue weighted by atomic mass is 9.87. The summed E-state index contributed by atoms with van der Waals surface area (Å²) in [5, 5.41) is 13.8. The number of carbonyl (C=O) groups is 1. The van der Waals surface area contributed by atoms with Gasteiger partial charge in [-0.15, -0.1) is 0 Å². The van der Waals surface area contributed by atoms with E-state index in [1.54, 1.807) is 13.0 Å². The largest absolute Gasteiger partial charge is 0.503 e. The van der Waals surface area contributed by atoms with Gasteiger partial charge in [0.05, 0.1) is 17.8 Å². The van der Waals surface area contributed by atoms with E-state index in [1.165, 1.54) is 17.8 Å². The summed E-state index contributed by atoms with van der Waals surface area (Å²) < 4.78 is 10.8. The van der Waals surface area contributed by atoms with E-state index in [0.29, 0.717) is 17.9 Å². The summed E-state index contributed by atoms with van der Waals surface area (Å²) in [4.78, 5) is 11.9. The molecule has 0 aliphatic heterocycles. The number of halogens is 1. The zero-order valence-electron chi connectivity index (χ0n) is 16.5. The van der Waals surface area contributed by atoms with E-state index in [0.717, 1.165) is 0 Å². The van der Waals surface area contributed by atoms with Crippen LogP contribution in [0.4, 0.5) is 0 Å². The summed E-state index contributed by atoms with van der Waals surface area (Å²) in [6, 6.07) is 10.7. The maximum Gasteiger partial charge on any atom is 0.277 e. The number of nitrogens with one attached hydrogen (secondary N) is 1. The zero-order chi connectivity index (χ0) is 20.7. The number of phenols is 1. The van der Waals surface area contributed by atoms with E-state index in [1.807, 2.05) is 24.3 Å². The van der Waals surface area contributed by atoms with Crippen molar-refractivity contribution in [2.24, 2.45) is 5.10 Å². The average Bonchev–Trinajstić information content (AvgIpc) is 2.64. The fraction of sp³-hybridized carbons (Fsp3) is 0.333. The molecule has 28 heavy (non-hydrogen) atoms. The van der Waals surface area contributed by atoms with Gasteiger partial charge in [-0.25, -0.2) is 5.43 Å². The molecule has 2 aromatic rings. The van der Waals surface area contributed by atoms with E-state index in [4.69, 9.17) is 21.1 Å². The summed E-state index contributed by atoms with van der Waals surface area (Å²) >= 11 is 5.95. The fourth-order valence-electron chi connectivity index (χ4n) is 2.34. The summed E-state index contributed by atoms with van der Waals surface area (Å²) in [6.07, 6.45) is 1.41. The van der Waals surface area contributed by atoms with E-state index in [9.17, 15) is 9.90 Å². The molecule has 6 nitrogen and oxygen atoms in total. The van der Waals surface area contributed by atoms with Gasteiger partial charge in [-0.1, -0.05) is 44.5 Å². The number of amides is 1. The molecule has 0 saturated heterocycles. The van der Waals surface area contributed by atoms with Crippen molar-refractivity contribution in [3.05, 3.63) is 52.5 Å². The molecule has 0 aliphatic rings. The van der Waals surface area contributed by atoms with Gasteiger partial charge >= 0.3 is 0 Å². The van der Waals surface area contributed by atoms with Gasteiger partial charge in [0.15, 0.2) is 18.1 Å². The first kappa shape index (κ1) is 21.6. The molecule has 0 radical (unpaired) electrons. The SMILES string of the molecule is CCOc1cc(C=NNC(=O)COc2ccc(C(C)(C)C)cc2)cc(Cl)c1O. The van der Waals surface area contributed by atoms with Gasteiger partial charge in [0, 0.05) is 0 Å². The third-order valence-electron chi connectivity index (χ3n) is 3.84. The van der Waals surface area contributed by atoms with Crippen LogP contribution in [0.1, 0.15) is 38.8 Å². The zero-order valence-corrected chi connectivity index (χ0v) is 17.2. The third kappa shape index (κ3) is 6.16. The Labute approximate surface area is 170 Å². The smallest absolute Gasteiger partial charge is 0.277 e. The predicted octanol–water partition coefficient (Wildman–Crippen LogP) is 4.27. The van der Waals surface area contributed by atoms with Gasteiger partial charge in [0.1, 0.15) is 5.75 Å². The maximum atomic E-state index is 11.9. The van der Waals surface area contributed by atoms with Gasteiger partial charge < -0.3 is 14.6 Å². The first-order valence-electron chi connectivity index (χ1n) is 8.91. The molecule has 0 aromatic heterocycles. The number of aromatic hydroxyl groups is 1. The van der Waals surface area contributed by atoms with Crippen molar-refractivity contribution in [2.45, 2.75) is 33.1 Å². The Kier molecular flexibility index (Phi) is 7.29. The molecule has 7 heteroatoms. The molecule has 0 spiro atoms. The molecule has 0 heterocycles. The van der Waals surface area contributed by atoms with Gasteiger partial charge in [0.25, 0.3) is 5.91 Å². The van der Waals surface area contributed by atoms with Crippen LogP contribution in [0.25, 0.3) is 0 Å². The Morgan fingerprint density at radius 2 is 1.89 bits per heavy atom. The quantitative estimate of drug-likeness (QED) is 0.533. The second-order valence-electron chi connectivity index (χ2n) is 7.14. The van der Waals surface area contributed by atoms with E-state index in [2.05, 4.69) is 31.3 Å². The second-order valence-corrected chi connectivity index (χ2v) is 7.55. The van der Waals surface area contributed by atoms with Crippen LogP contribution in [-0.4, -0.2) is 30.4 Å². The maximum absolute atomic E-state index is 11.9. The van der Waals surface area contributed by atoms with Crippen molar-refractivity contribution in [3.8, 4) is 17.2 Å². The van der Waals surface area contributed by atoms with Gasteiger partial charge in [-0.05, 0) is 47.7 Å². The first-order chi connectivity index (χ1) is 13.2. The van der Waals surface area contributed by atoms with Gasteiger partial charge in [0.2, 0.25) is 0 Å². The van der Waals surface area contributed by atoms with Crippen molar-refractivity contribution in [1.29, 1.82) is 0 Å². The highest BCUT2D eigenvalue weighted by molar-refractivity contribution is 6.32. The van der Waals surface area contributed by atoms with Crippen LogP contribution in [0.2, 0.25) is 5.02 Å². The predicted molar refractivity (Wildman–Crippen MR) is 111 cm³/mol. The highest BCUT2D eigenvalue weighted by atomic mass is 35.5. The number of hydrogen-bond acceptors (Lipinski definition) is 5. The van der Waals surface area contributed by atoms with E-state index < -0.39 is 5.91 Å². The number of rotatable bonds is 7. The summed E-state index contributed by atoms with van der Waals surface area (Å²) in [5.74, 6) is 0.338. The van der Waals surface area contributed by atoms with Crippen molar-refractivity contribution in [3.63, 3.8) is 0 Å². The van der Waals surface area contributed by atoms with Crippen molar-refractivity contribution < 1.29 is 19.4 Å². The lowest BCUT2D eigenvalue weighted by Crippen LogP contribution is -2.24. The van der Waals surface area contributed by atoms with Crippen LogP contribution < -0.4 is 14.9 Å². The summed E-state index contributed by atoms with van der Waals surface area (Å²) in [5.41, 5.74) is 4.20. The van der Waals surface area contributed by atoms with Crippen molar-refractivity contribution >= 4 is 23.7 Å². The minimum Gasteiger partial charge on any atom is -0.503 e. The molecule has 0 atom stereocenters. The number of carbonyl (C=O) groups excluding carboxylic acids is 1. The minimum atomic E-state index is -0.397. The summed E-state index contributed by atoms with van der Waals surface area (Å²) in [7, 11) is 0. The molecule has 0 bridgehead atoms. The molecule has 0 aliphatic carbocycles. The van der Waals surface area contributed by atoms with Crippen LogP contribution in [0.3, 0.4) is 0 Å². The lowest BCUT2D eigenvalue weighted by Gasteiger charge is -2.19. The number of nitrogens with zero attached hydrogens (tertiary/aromatic N) is 1. The normalized spacial score (nSPS) is 11.5.